The zero-order valence-corrected chi connectivity index (χ0v) is 25.2. The fraction of sp³-hybridized carbons (Fsp3) is 0.267. The van der Waals surface area contributed by atoms with Crippen molar-refractivity contribution in [3.8, 4) is 27.3 Å². The summed E-state index contributed by atoms with van der Waals surface area (Å²) in [5, 5.41) is 7.04. The molecule has 208 valence electrons. The topological polar surface area (TPSA) is 73.9 Å². The van der Waals surface area contributed by atoms with E-state index in [0.29, 0.717) is 27.4 Å². The van der Waals surface area contributed by atoms with E-state index in [9.17, 15) is 9.59 Å². The second-order valence-corrected chi connectivity index (χ2v) is 12.3. The van der Waals surface area contributed by atoms with Crippen LogP contribution in [0.25, 0.3) is 21.6 Å². The van der Waals surface area contributed by atoms with E-state index in [1.807, 2.05) is 54.8 Å². The zero-order chi connectivity index (χ0) is 28.4. The first kappa shape index (κ1) is 28.5. The second-order valence-electron chi connectivity index (χ2n) is 9.44. The quantitative estimate of drug-likeness (QED) is 0.190. The van der Waals surface area contributed by atoms with Crippen molar-refractivity contribution in [2.45, 2.75) is 38.2 Å². The van der Waals surface area contributed by atoms with Crippen LogP contribution in [0.4, 0.5) is 10.5 Å². The lowest BCUT2D eigenvalue weighted by Crippen LogP contribution is -2.23. The fourth-order valence-electron chi connectivity index (χ4n) is 4.66. The smallest absolute Gasteiger partial charge is 0.412 e. The minimum absolute atomic E-state index is 0.155. The van der Waals surface area contributed by atoms with Crippen molar-refractivity contribution < 1.29 is 23.8 Å². The Hall–Kier alpha value is -3.04. The molecule has 0 radical (unpaired) electrons. The average molecular weight is 617 g/mol. The van der Waals surface area contributed by atoms with E-state index in [1.54, 1.807) is 25.5 Å². The van der Waals surface area contributed by atoms with E-state index in [2.05, 4.69) is 5.32 Å². The molecule has 1 aliphatic carbocycles. The summed E-state index contributed by atoms with van der Waals surface area (Å²) in [5.41, 5.74) is 4.44. The van der Waals surface area contributed by atoms with Gasteiger partial charge < -0.3 is 14.2 Å². The molecule has 0 aliphatic heterocycles. The molecule has 4 aromatic rings. The van der Waals surface area contributed by atoms with E-state index >= 15 is 0 Å². The summed E-state index contributed by atoms with van der Waals surface area (Å²) >= 11 is 15.3. The van der Waals surface area contributed by atoms with Gasteiger partial charge in [-0.3, -0.25) is 10.1 Å². The van der Waals surface area contributed by atoms with Crippen molar-refractivity contribution in [1.82, 2.24) is 0 Å². The van der Waals surface area contributed by atoms with E-state index in [1.165, 1.54) is 22.7 Å². The minimum atomic E-state index is -0.606. The molecule has 1 saturated carbocycles. The van der Waals surface area contributed by atoms with Gasteiger partial charge in [-0.2, -0.15) is 11.3 Å². The number of thiophene rings is 2. The van der Waals surface area contributed by atoms with Crippen molar-refractivity contribution in [3.05, 3.63) is 79.8 Å². The molecule has 1 amide bonds. The number of methoxy groups -OCH3 is 1. The van der Waals surface area contributed by atoms with E-state index in [0.717, 1.165) is 45.5 Å². The normalized spacial score (nSPS) is 14.3. The largest absolute Gasteiger partial charge is 0.496 e. The summed E-state index contributed by atoms with van der Waals surface area (Å²) in [4.78, 5) is 26.0. The molecule has 1 atom stereocenters. The monoisotopic (exact) mass is 615 g/mol. The van der Waals surface area contributed by atoms with Crippen LogP contribution in [-0.4, -0.2) is 25.8 Å². The summed E-state index contributed by atoms with van der Waals surface area (Å²) in [5.74, 6) is 0.507. The molecule has 10 heteroatoms. The SMILES string of the molecule is CCOC(=O)C1(c2ccc(-c3ccc(-c4sc(Cl)cc4NC(=O)OC(C)c4cscc4Cl)cc3OC)cc2)CC1. The van der Waals surface area contributed by atoms with Gasteiger partial charge in [-0.1, -0.05) is 59.6 Å². The van der Waals surface area contributed by atoms with Crippen molar-refractivity contribution in [1.29, 1.82) is 0 Å². The Bertz CT molecular complexity index is 1540. The molecule has 2 aromatic carbocycles. The number of benzene rings is 2. The second kappa shape index (κ2) is 11.8. The summed E-state index contributed by atoms with van der Waals surface area (Å²) in [6, 6.07) is 15.5. The maximum Gasteiger partial charge on any atom is 0.412 e. The summed E-state index contributed by atoms with van der Waals surface area (Å²) < 4.78 is 17.1. The van der Waals surface area contributed by atoms with Crippen molar-refractivity contribution >= 4 is 63.6 Å². The van der Waals surface area contributed by atoms with Gasteiger partial charge in [-0.25, -0.2) is 4.79 Å². The predicted octanol–water partition coefficient (Wildman–Crippen LogP) is 9.36. The molecule has 5 rings (SSSR count). The number of carbonyl (C=O) groups excluding carboxylic acids is 2. The Kier molecular flexibility index (Phi) is 8.42. The summed E-state index contributed by atoms with van der Waals surface area (Å²) in [7, 11) is 1.62. The van der Waals surface area contributed by atoms with Gasteiger partial charge in [-0.15, -0.1) is 11.3 Å². The number of ether oxygens (including phenoxy) is 3. The van der Waals surface area contributed by atoms with E-state index in [4.69, 9.17) is 37.4 Å². The van der Waals surface area contributed by atoms with Gasteiger partial charge in [0.1, 0.15) is 11.9 Å². The molecule has 2 aromatic heterocycles. The standard InChI is InChI=1S/C30H27Cl2NO5S2/c1-4-37-28(34)30(11-12-30)20-8-5-18(6-9-20)21-10-7-19(13-25(21)36-3)27-24(14-26(32)40-27)33-29(35)38-17(2)22-15-39-16-23(22)31/h5-10,13-17H,4,11-12H2,1-3H3,(H,33,35). The summed E-state index contributed by atoms with van der Waals surface area (Å²) in [6.07, 6.45) is 0.494. The number of nitrogens with one attached hydrogen (secondary N) is 1. The molecule has 0 bridgehead atoms. The summed E-state index contributed by atoms with van der Waals surface area (Å²) in [6.45, 7) is 3.97. The number of anilines is 1. The van der Waals surface area contributed by atoms with Crippen molar-refractivity contribution in [3.63, 3.8) is 0 Å². The molecule has 0 spiro atoms. The lowest BCUT2D eigenvalue weighted by Gasteiger charge is -2.16. The molecule has 1 aliphatic rings. The predicted molar refractivity (Wildman–Crippen MR) is 162 cm³/mol. The van der Waals surface area contributed by atoms with Crippen LogP contribution in [0.3, 0.4) is 0 Å². The first-order valence-corrected chi connectivity index (χ1v) is 15.2. The van der Waals surface area contributed by atoms with Gasteiger partial charge >= 0.3 is 12.1 Å². The van der Waals surface area contributed by atoms with Crippen molar-refractivity contribution in [2.75, 3.05) is 19.0 Å². The average Bonchev–Trinajstić information content (AvgIpc) is 3.52. The number of hydrogen-bond acceptors (Lipinski definition) is 7. The maximum atomic E-state index is 12.7. The fourth-order valence-corrected chi connectivity index (χ4v) is 7.05. The number of hydrogen-bond donors (Lipinski definition) is 1. The van der Waals surface area contributed by atoms with Crippen molar-refractivity contribution in [2.24, 2.45) is 0 Å². The van der Waals surface area contributed by atoms with Gasteiger partial charge in [0.25, 0.3) is 0 Å². The Morgan fingerprint density at radius 1 is 1.05 bits per heavy atom. The van der Waals surface area contributed by atoms with Gasteiger partial charge in [0.15, 0.2) is 0 Å². The van der Waals surface area contributed by atoms with Crippen LogP contribution in [0.15, 0.2) is 59.3 Å². The highest BCUT2D eigenvalue weighted by molar-refractivity contribution is 7.20. The third kappa shape index (κ3) is 5.72. The van der Waals surface area contributed by atoms with Crippen LogP contribution in [0.1, 0.15) is 43.9 Å². The molecular formula is C30H27Cl2NO5S2. The molecule has 1 N–H and O–H groups in total. The van der Waals surface area contributed by atoms with E-state index in [-0.39, 0.29) is 5.97 Å². The van der Waals surface area contributed by atoms with Crippen LogP contribution < -0.4 is 10.1 Å². The highest BCUT2D eigenvalue weighted by Crippen LogP contribution is 2.50. The van der Waals surface area contributed by atoms with Crippen LogP contribution in [0, 0.1) is 0 Å². The number of amides is 1. The van der Waals surface area contributed by atoms with Gasteiger partial charge in [0, 0.05) is 16.5 Å². The Balaban J connectivity index is 1.36. The van der Waals surface area contributed by atoms with Crippen LogP contribution in [-0.2, 0) is 19.7 Å². The highest BCUT2D eigenvalue weighted by atomic mass is 35.5. The van der Waals surface area contributed by atoms with Gasteiger partial charge in [0.2, 0.25) is 0 Å². The number of halogens is 2. The van der Waals surface area contributed by atoms with Gasteiger partial charge in [0.05, 0.1) is 39.1 Å². The highest BCUT2D eigenvalue weighted by Gasteiger charge is 2.52. The molecule has 1 unspecified atom stereocenters. The number of esters is 1. The Morgan fingerprint density at radius 2 is 1.77 bits per heavy atom. The Morgan fingerprint density at radius 3 is 2.40 bits per heavy atom. The lowest BCUT2D eigenvalue weighted by molar-refractivity contribution is -0.146. The van der Waals surface area contributed by atoms with E-state index < -0.39 is 17.6 Å². The molecule has 2 heterocycles. The number of carbonyl (C=O) groups is 2. The molecule has 1 fully saturated rings. The minimum Gasteiger partial charge on any atom is -0.496 e. The lowest BCUT2D eigenvalue weighted by atomic mass is 9.93. The third-order valence-electron chi connectivity index (χ3n) is 6.93. The maximum absolute atomic E-state index is 12.7. The first-order valence-electron chi connectivity index (χ1n) is 12.7. The number of rotatable bonds is 9. The molecule has 40 heavy (non-hydrogen) atoms. The van der Waals surface area contributed by atoms with Crippen LogP contribution in [0.2, 0.25) is 9.36 Å². The Labute approximate surface area is 250 Å². The van der Waals surface area contributed by atoms with Gasteiger partial charge in [-0.05, 0) is 60.9 Å². The molecule has 6 nitrogen and oxygen atoms in total. The molecule has 0 saturated heterocycles. The van der Waals surface area contributed by atoms with Crippen LogP contribution >= 0.6 is 45.9 Å². The van der Waals surface area contributed by atoms with Crippen LogP contribution in [0.5, 0.6) is 5.75 Å². The zero-order valence-electron chi connectivity index (χ0n) is 22.1. The molecular weight excluding hydrogens is 589 g/mol. The first-order chi connectivity index (χ1) is 19.3. The third-order valence-corrected chi connectivity index (χ3v) is 9.46.